The van der Waals surface area contributed by atoms with Gasteiger partial charge in [0, 0.05) is 17.6 Å². The summed E-state index contributed by atoms with van der Waals surface area (Å²) < 4.78 is 6.69. The molecule has 0 atom stereocenters. The Kier molecular flexibility index (Phi) is 8.75. The highest BCUT2D eigenvalue weighted by atomic mass is 127. The number of guanidine groups is 1. The summed E-state index contributed by atoms with van der Waals surface area (Å²) in [6, 6.07) is 8.30. The fourth-order valence-corrected chi connectivity index (χ4v) is 2.40. The molecule has 1 aromatic rings. The second kappa shape index (κ2) is 10.0. The van der Waals surface area contributed by atoms with Gasteiger partial charge < -0.3 is 15.4 Å². The molecule has 0 aliphatic heterocycles. The summed E-state index contributed by atoms with van der Waals surface area (Å²) in [6.07, 6.45) is 6.52. The lowest BCUT2D eigenvalue weighted by molar-refractivity contribution is 0.321. The molecule has 2 N–H and O–H groups in total. The molecule has 2 rings (SSSR count). The van der Waals surface area contributed by atoms with Gasteiger partial charge in [0.2, 0.25) is 0 Å². The van der Waals surface area contributed by atoms with Crippen LogP contribution in [-0.2, 0) is 0 Å². The average molecular weight is 466 g/mol. The van der Waals surface area contributed by atoms with Crippen molar-refractivity contribution in [1.29, 1.82) is 0 Å². The Bertz CT molecular complexity index is 486. The maximum absolute atomic E-state index is 5.66. The number of benzene rings is 1. The van der Waals surface area contributed by atoms with Gasteiger partial charge in [-0.15, -0.1) is 24.0 Å². The van der Waals surface area contributed by atoms with Gasteiger partial charge in [-0.25, -0.2) is 0 Å². The van der Waals surface area contributed by atoms with E-state index in [-0.39, 0.29) is 24.0 Å². The molecule has 1 aromatic carbocycles. The number of hydrogen-bond donors (Lipinski definition) is 2. The standard InChI is InChI=1S/C15H20BrN3O.HI/c1-17-15(19-13-6-2-3-7-13)18-9-10-20-14-8-4-5-12(16)11-14;/h2-5,8,11,13H,6-7,9-10H2,1H3,(H2,17,18,19);1H. The Balaban J connectivity index is 0.00000220. The Morgan fingerprint density at radius 2 is 2.14 bits per heavy atom. The summed E-state index contributed by atoms with van der Waals surface area (Å²) in [7, 11) is 1.78. The summed E-state index contributed by atoms with van der Waals surface area (Å²) in [4.78, 5) is 4.21. The SMILES string of the molecule is CN=C(NCCOc1cccc(Br)c1)NC1CC=CC1.I. The monoisotopic (exact) mass is 465 g/mol. The van der Waals surface area contributed by atoms with Crippen LogP contribution in [0.4, 0.5) is 0 Å². The first-order chi connectivity index (χ1) is 9.78. The van der Waals surface area contributed by atoms with Gasteiger partial charge >= 0.3 is 0 Å². The first-order valence-electron chi connectivity index (χ1n) is 6.78. The molecule has 0 bridgehead atoms. The molecule has 0 amide bonds. The van der Waals surface area contributed by atoms with Crippen LogP contribution in [0.5, 0.6) is 5.75 Å². The van der Waals surface area contributed by atoms with E-state index in [1.807, 2.05) is 24.3 Å². The smallest absolute Gasteiger partial charge is 0.191 e. The van der Waals surface area contributed by atoms with Crippen LogP contribution in [0.1, 0.15) is 12.8 Å². The highest BCUT2D eigenvalue weighted by Gasteiger charge is 2.11. The predicted octanol–water partition coefficient (Wildman–Crippen LogP) is 3.33. The van der Waals surface area contributed by atoms with Crippen molar-refractivity contribution >= 4 is 45.9 Å². The van der Waals surface area contributed by atoms with Gasteiger partial charge in [-0.3, -0.25) is 4.99 Å². The lowest BCUT2D eigenvalue weighted by atomic mass is 10.2. The van der Waals surface area contributed by atoms with E-state index in [0.717, 1.165) is 29.0 Å². The zero-order valence-corrected chi connectivity index (χ0v) is 15.9. The minimum Gasteiger partial charge on any atom is -0.492 e. The predicted molar refractivity (Wildman–Crippen MR) is 102 cm³/mol. The third kappa shape index (κ3) is 6.69. The molecule has 0 spiro atoms. The van der Waals surface area contributed by atoms with E-state index in [1.54, 1.807) is 7.05 Å². The van der Waals surface area contributed by atoms with Crippen molar-refractivity contribution in [3.05, 3.63) is 40.9 Å². The Morgan fingerprint density at radius 1 is 1.38 bits per heavy atom. The van der Waals surface area contributed by atoms with Gasteiger partial charge in [-0.2, -0.15) is 0 Å². The quantitative estimate of drug-likeness (QED) is 0.230. The maximum Gasteiger partial charge on any atom is 0.191 e. The molecular weight excluding hydrogens is 445 g/mol. The largest absolute Gasteiger partial charge is 0.492 e. The molecule has 6 heteroatoms. The number of hydrogen-bond acceptors (Lipinski definition) is 2. The fourth-order valence-electron chi connectivity index (χ4n) is 2.02. The van der Waals surface area contributed by atoms with E-state index in [4.69, 9.17) is 4.74 Å². The summed E-state index contributed by atoms with van der Waals surface area (Å²) in [5.74, 6) is 1.70. The number of aliphatic imine (C=N–C) groups is 1. The van der Waals surface area contributed by atoms with E-state index in [2.05, 4.69) is 43.7 Å². The number of halogens is 2. The Labute approximate surface area is 151 Å². The zero-order chi connectivity index (χ0) is 14.2. The summed E-state index contributed by atoms with van der Waals surface area (Å²) in [5.41, 5.74) is 0. The van der Waals surface area contributed by atoms with Crippen LogP contribution < -0.4 is 15.4 Å². The minimum absolute atomic E-state index is 0. The number of nitrogens with zero attached hydrogens (tertiary/aromatic N) is 1. The molecule has 1 aliphatic rings. The number of rotatable bonds is 5. The van der Waals surface area contributed by atoms with E-state index >= 15 is 0 Å². The maximum atomic E-state index is 5.66. The lowest BCUT2D eigenvalue weighted by Gasteiger charge is -2.17. The molecule has 0 unspecified atom stereocenters. The van der Waals surface area contributed by atoms with E-state index in [0.29, 0.717) is 19.2 Å². The van der Waals surface area contributed by atoms with Crippen molar-refractivity contribution in [3.8, 4) is 5.75 Å². The van der Waals surface area contributed by atoms with Gasteiger partial charge in [0.05, 0.1) is 6.54 Å². The molecular formula is C15H21BrIN3O. The molecule has 0 saturated heterocycles. The highest BCUT2D eigenvalue weighted by Crippen LogP contribution is 2.17. The molecule has 21 heavy (non-hydrogen) atoms. The first kappa shape index (κ1) is 18.3. The highest BCUT2D eigenvalue weighted by molar-refractivity contribution is 14.0. The molecule has 0 radical (unpaired) electrons. The fraction of sp³-hybridized carbons (Fsp3) is 0.400. The molecule has 0 fully saturated rings. The second-order valence-corrected chi connectivity index (χ2v) is 5.50. The van der Waals surface area contributed by atoms with Crippen LogP contribution in [0.3, 0.4) is 0 Å². The normalized spacial score (nSPS) is 14.7. The van der Waals surface area contributed by atoms with Crippen molar-refractivity contribution in [3.63, 3.8) is 0 Å². The van der Waals surface area contributed by atoms with Crippen LogP contribution in [0.2, 0.25) is 0 Å². The van der Waals surface area contributed by atoms with Crippen molar-refractivity contribution in [2.75, 3.05) is 20.2 Å². The third-order valence-electron chi connectivity index (χ3n) is 3.03. The van der Waals surface area contributed by atoms with Crippen molar-refractivity contribution < 1.29 is 4.74 Å². The molecule has 0 saturated carbocycles. The summed E-state index contributed by atoms with van der Waals surface area (Å²) >= 11 is 3.42. The number of ether oxygens (including phenoxy) is 1. The van der Waals surface area contributed by atoms with Crippen LogP contribution in [0, 0.1) is 0 Å². The van der Waals surface area contributed by atoms with Gasteiger partial charge in [-0.05, 0) is 31.0 Å². The van der Waals surface area contributed by atoms with Crippen molar-refractivity contribution in [1.82, 2.24) is 10.6 Å². The second-order valence-electron chi connectivity index (χ2n) is 4.59. The van der Waals surface area contributed by atoms with E-state index < -0.39 is 0 Å². The van der Waals surface area contributed by atoms with Crippen LogP contribution >= 0.6 is 39.9 Å². The van der Waals surface area contributed by atoms with Crippen LogP contribution in [0.15, 0.2) is 45.9 Å². The van der Waals surface area contributed by atoms with Gasteiger partial charge in [0.1, 0.15) is 12.4 Å². The zero-order valence-electron chi connectivity index (χ0n) is 12.0. The molecule has 116 valence electrons. The molecule has 0 aromatic heterocycles. The van der Waals surface area contributed by atoms with Gasteiger partial charge in [0.15, 0.2) is 5.96 Å². The van der Waals surface area contributed by atoms with Gasteiger partial charge in [-0.1, -0.05) is 34.1 Å². The van der Waals surface area contributed by atoms with Crippen molar-refractivity contribution in [2.24, 2.45) is 4.99 Å². The van der Waals surface area contributed by atoms with Crippen molar-refractivity contribution in [2.45, 2.75) is 18.9 Å². The Hall–Kier alpha value is -0.760. The molecule has 1 aliphatic carbocycles. The minimum atomic E-state index is 0. The summed E-state index contributed by atoms with van der Waals surface area (Å²) in [5, 5.41) is 6.64. The topological polar surface area (TPSA) is 45.7 Å². The molecule has 4 nitrogen and oxygen atoms in total. The van der Waals surface area contributed by atoms with Crippen LogP contribution in [0.25, 0.3) is 0 Å². The number of nitrogens with one attached hydrogen (secondary N) is 2. The van der Waals surface area contributed by atoms with Gasteiger partial charge in [0.25, 0.3) is 0 Å². The summed E-state index contributed by atoms with van der Waals surface area (Å²) in [6.45, 7) is 1.31. The third-order valence-corrected chi connectivity index (χ3v) is 3.52. The average Bonchev–Trinajstić information content (AvgIpc) is 2.95. The Morgan fingerprint density at radius 3 is 2.81 bits per heavy atom. The lowest BCUT2D eigenvalue weighted by Crippen LogP contribution is -2.43. The molecule has 0 heterocycles. The van der Waals surface area contributed by atoms with E-state index in [9.17, 15) is 0 Å². The first-order valence-corrected chi connectivity index (χ1v) is 7.58. The van der Waals surface area contributed by atoms with Crippen LogP contribution in [-0.4, -0.2) is 32.2 Å². The van der Waals surface area contributed by atoms with E-state index in [1.165, 1.54) is 0 Å².